The van der Waals surface area contributed by atoms with Crippen LogP contribution in [0, 0.1) is 6.92 Å². The number of hydrogen-bond donors (Lipinski definition) is 0. The first-order chi connectivity index (χ1) is 23.2. The van der Waals surface area contributed by atoms with Gasteiger partial charge >= 0.3 is 0 Å². The van der Waals surface area contributed by atoms with Crippen molar-refractivity contribution in [2.45, 2.75) is 6.92 Å². The summed E-state index contributed by atoms with van der Waals surface area (Å²) in [6.45, 7) is 2.16. The fourth-order valence-corrected chi connectivity index (χ4v) is 8.04. The Labute approximate surface area is 268 Å². The summed E-state index contributed by atoms with van der Waals surface area (Å²) in [5.41, 5.74) is 11.6. The molecule has 47 heavy (non-hydrogen) atoms. The molecule has 0 aliphatic rings. The molecule has 0 amide bonds. The molecule has 0 atom stereocenters. The molecule has 0 radical (unpaired) electrons. The number of benzene rings is 7. The van der Waals surface area contributed by atoms with Gasteiger partial charge in [0.15, 0.2) is 0 Å². The molecule has 0 aliphatic carbocycles. The molecule has 0 unspecified atom stereocenters. The van der Waals surface area contributed by atoms with Crippen LogP contribution in [0.15, 0.2) is 148 Å². The fourth-order valence-electron chi connectivity index (χ4n) is 8.04. The van der Waals surface area contributed by atoms with Crippen molar-refractivity contribution in [1.82, 2.24) is 9.13 Å². The zero-order chi connectivity index (χ0) is 30.8. The summed E-state index contributed by atoms with van der Waals surface area (Å²) < 4.78 is 17.9. The van der Waals surface area contributed by atoms with E-state index in [1.54, 1.807) is 0 Å². The first kappa shape index (κ1) is 25.0. The summed E-state index contributed by atoms with van der Waals surface area (Å²) in [6, 6.07) is 49.7. The lowest BCUT2D eigenvalue weighted by Crippen LogP contribution is -1.93. The first-order valence-corrected chi connectivity index (χ1v) is 16.0. The molecular formula is C43H26N2O2. The summed E-state index contributed by atoms with van der Waals surface area (Å²) >= 11 is 0. The Morgan fingerprint density at radius 1 is 0.383 bits per heavy atom. The fraction of sp³-hybridized carbons (Fsp3) is 0.0233. The Morgan fingerprint density at radius 2 is 0.830 bits per heavy atom. The molecule has 11 rings (SSSR count). The van der Waals surface area contributed by atoms with E-state index in [4.69, 9.17) is 8.83 Å². The lowest BCUT2D eigenvalue weighted by atomic mass is 10.0. The Bertz CT molecular complexity index is 2980. The Kier molecular flexibility index (Phi) is 4.75. The second kappa shape index (κ2) is 8.93. The third-order valence-corrected chi connectivity index (χ3v) is 10.1. The molecule has 4 heterocycles. The average molecular weight is 603 g/mol. The molecule has 11 aromatic rings. The van der Waals surface area contributed by atoms with Crippen LogP contribution in [0.2, 0.25) is 0 Å². The molecule has 0 bridgehead atoms. The normalized spacial score (nSPS) is 12.4. The zero-order valence-corrected chi connectivity index (χ0v) is 25.5. The number of furan rings is 2. The van der Waals surface area contributed by atoms with E-state index in [1.165, 1.54) is 43.6 Å². The largest absolute Gasteiger partial charge is 0.456 e. The van der Waals surface area contributed by atoms with Crippen molar-refractivity contribution in [1.29, 1.82) is 0 Å². The van der Waals surface area contributed by atoms with Crippen LogP contribution in [-0.4, -0.2) is 9.13 Å². The van der Waals surface area contributed by atoms with Gasteiger partial charge in [0.05, 0.1) is 22.1 Å². The van der Waals surface area contributed by atoms with E-state index in [0.717, 1.165) is 60.8 Å². The van der Waals surface area contributed by atoms with E-state index in [0.29, 0.717) is 0 Å². The molecule has 4 aromatic heterocycles. The van der Waals surface area contributed by atoms with Crippen molar-refractivity contribution in [2.75, 3.05) is 0 Å². The first-order valence-electron chi connectivity index (χ1n) is 16.0. The van der Waals surface area contributed by atoms with E-state index in [2.05, 4.69) is 156 Å². The molecule has 0 saturated heterocycles. The van der Waals surface area contributed by atoms with Crippen molar-refractivity contribution in [3.8, 4) is 11.4 Å². The van der Waals surface area contributed by atoms with Gasteiger partial charge in [0.2, 0.25) is 0 Å². The summed E-state index contributed by atoms with van der Waals surface area (Å²) in [5.74, 6) is 0. The smallest absolute Gasteiger partial charge is 0.139 e. The molecule has 220 valence electrons. The maximum Gasteiger partial charge on any atom is 0.139 e. The zero-order valence-electron chi connectivity index (χ0n) is 25.5. The van der Waals surface area contributed by atoms with Crippen LogP contribution in [0.25, 0.3) is 98.9 Å². The quantitative estimate of drug-likeness (QED) is 0.197. The van der Waals surface area contributed by atoms with Gasteiger partial charge in [0, 0.05) is 60.0 Å². The highest BCUT2D eigenvalue weighted by atomic mass is 16.3. The number of rotatable bonds is 2. The number of hydrogen-bond acceptors (Lipinski definition) is 2. The topological polar surface area (TPSA) is 36.1 Å². The van der Waals surface area contributed by atoms with Gasteiger partial charge in [-0.15, -0.1) is 0 Å². The lowest BCUT2D eigenvalue weighted by molar-refractivity contribution is 0.661. The molecule has 0 fully saturated rings. The van der Waals surface area contributed by atoms with Crippen molar-refractivity contribution in [3.63, 3.8) is 0 Å². The van der Waals surface area contributed by atoms with Gasteiger partial charge in [-0.1, -0.05) is 72.8 Å². The van der Waals surface area contributed by atoms with Gasteiger partial charge in [-0.2, -0.15) is 0 Å². The van der Waals surface area contributed by atoms with E-state index in [1.807, 2.05) is 0 Å². The van der Waals surface area contributed by atoms with E-state index >= 15 is 0 Å². The minimum Gasteiger partial charge on any atom is -0.456 e. The van der Waals surface area contributed by atoms with E-state index < -0.39 is 0 Å². The molecule has 0 spiro atoms. The average Bonchev–Trinajstić information content (AvgIpc) is 3.86. The SMILES string of the molecule is Cc1c2oc3ccc(-n4c5ccccc5c5ccccc54)cc3c2cc2oc3ccc(-n4c5ccccc5c5ccccc54)cc3c12. The summed E-state index contributed by atoms with van der Waals surface area (Å²) in [5, 5.41) is 9.33. The molecular weight excluding hydrogens is 576 g/mol. The number of aryl methyl sites for hydroxylation is 1. The molecule has 0 aliphatic heterocycles. The van der Waals surface area contributed by atoms with Crippen LogP contribution in [0.4, 0.5) is 0 Å². The molecule has 0 N–H and O–H groups in total. The van der Waals surface area contributed by atoms with Crippen LogP contribution >= 0.6 is 0 Å². The Hall–Kier alpha value is -6.26. The lowest BCUT2D eigenvalue weighted by Gasteiger charge is -2.08. The minimum atomic E-state index is 0.870. The monoisotopic (exact) mass is 602 g/mol. The van der Waals surface area contributed by atoms with Crippen LogP contribution < -0.4 is 0 Å². The molecule has 4 nitrogen and oxygen atoms in total. The van der Waals surface area contributed by atoms with Crippen LogP contribution in [-0.2, 0) is 0 Å². The highest BCUT2D eigenvalue weighted by Crippen LogP contribution is 2.42. The predicted octanol–water partition coefficient (Wildman–Crippen LogP) is 12.0. The molecule has 4 heteroatoms. The Morgan fingerprint density at radius 3 is 1.34 bits per heavy atom. The highest BCUT2D eigenvalue weighted by Gasteiger charge is 2.20. The standard InChI is InChI=1S/C43H26N2O2/c1-25-42-34-23-27(45-37-16-8-4-12-30(37)31-13-5-9-17-38(31)45)19-21-40(34)46-41(42)24-33-32-22-26(18-20-39(32)47-43(25)33)44-35-14-6-2-10-28(35)29-11-3-7-15-36(29)44/h2-24H,1H3. The van der Waals surface area contributed by atoms with E-state index in [9.17, 15) is 0 Å². The number of fused-ring (bicyclic) bond motifs is 12. The number of aromatic nitrogens is 2. The van der Waals surface area contributed by atoms with Gasteiger partial charge in [0.25, 0.3) is 0 Å². The Balaban J connectivity index is 1.15. The van der Waals surface area contributed by atoms with Crippen molar-refractivity contribution >= 4 is 87.5 Å². The van der Waals surface area contributed by atoms with Crippen LogP contribution in [0.3, 0.4) is 0 Å². The van der Waals surface area contributed by atoms with Gasteiger partial charge in [-0.3, -0.25) is 0 Å². The maximum absolute atomic E-state index is 6.62. The van der Waals surface area contributed by atoms with Crippen molar-refractivity contribution < 1.29 is 8.83 Å². The third kappa shape index (κ3) is 3.26. The van der Waals surface area contributed by atoms with Crippen LogP contribution in [0.1, 0.15) is 5.56 Å². The summed E-state index contributed by atoms with van der Waals surface area (Å²) in [6.07, 6.45) is 0. The van der Waals surface area contributed by atoms with E-state index in [-0.39, 0.29) is 0 Å². The van der Waals surface area contributed by atoms with Crippen molar-refractivity contribution in [3.05, 3.63) is 145 Å². The van der Waals surface area contributed by atoms with Crippen molar-refractivity contribution in [2.24, 2.45) is 0 Å². The van der Waals surface area contributed by atoms with Gasteiger partial charge in [0.1, 0.15) is 22.3 Å². The van der Waals surface area contributed by atoms with Crippen LogP contribution in [0.5, 0.6) is 0 Å². The van der Waals surface area contributed by atoms with Gasteiger partial charge in [-0.05, 0) is 73.7 Å². The highest BCUT2D eigenvalue weighted by molar-refractivity contribution is 6.18. The predicted molar refractivity (Wildman–Crippen MR) is 194 cm³/mol. The summed E-state index contributed by atoms with van der Waals surface area (Å²) in [4.78, 5) is 0. The maximum atomic E-state index is 6.62. The molecule has 0 saturated carbocycles. The van der Waals surface area contributed by atoms with Gasteiger partial charge < -0.3 is 18.0 Å². The molecule has 7 aromatic carbocycles. The number of nitrogens with zero attached hydrogens (tertiary/aromatic N) is 2. The second-order valence-electron chi connectivity index (χ2n) is 12.6. The second-order valence-corrected chi connectivity index (χ2v) is 12.6. The van der Waals surface area contributed by atoms with Gasteiger partial charge in [-0.25, -0.2) is 0 Å². The number of para-hydroxylation sites is 4. The third-order valence-electron chi connectivity index (χ3n) is 10.1. The minimum absolute atomic E-state index is 0.870. The summed E-state index contributed by atoms with van der Waals surface area (Å²) in [7, 11) is 0.